The molecule has 1 aromatic carbocycles. The highest BCUT2D eigenvalue weighted by Crippen LogP contribution is 2.31. The fourth-order valence-corrected chi connectivity index (χ4v) is 3.07. The maximum atomic E-state index is 12.1. The molecule has 0 unspecified atom stereocenters. The lowest BCUT2D eigenvalue weighted by Gasteiger charge is -2.11. The molecule has 20 heavy (non-hydrogen) atoms. The molecule has 5 heteroatoms. The van der Waals surface area contributed by atoms with Gasteiger partial charge in [0, 0.05) is 17.4 Å². The number of benzene rings is 1. The molecule has 2 rings (SSSR count). The van der Waals surface area contributed by atoms with Crippen LogP contribution in [0.25, 0.3) is 0 Å². The monoisotopic (exact) mass is 293 g/mol. The van der Waals surface area contributed by atoms with Gasteiger partial charge < -0.3 is 10.4 Å². The zero-order valence-corrected chi connectivity index (χ0v) is 12.3. The van der Waals surface area contributed by atoms with E-state index in [9.17, 15) is 9.59 Å². The molecule has 0 aliphatic heterocycles. The van der Waals surface area contributed by atoms with Gasteiger partial charge in [-0.15, -0.1) is 0 Å². The number of carbonyl (C=O) groups is 2. The minimum Gasteiger partial charge on any atom is -0.481 e. The number of carbonyl (C=O) groups excluding carboxylic acids is 1. The van der Waals surface area contributed by atoms with Gasteiger partial charge in [0.25, 0.3) is 0 Å². The van der Waals surface area contributed by atoms with E-state index in [0.717, 1.165) is 11.4 Å². The minimum atomic E-state index is -0.790. The molecule has 1 aliphatic rings. The number of nitrogens with one attached hydrogen (secondary N) is 1. The first-order valence-corrected chi connectivity index (χ1v) is 8.11. The van der Waals surface area contributed by atoms with Crippen molar-refractivity contribution in [1.82, 2.24) is 0 Å². The fourth-order valence-electron chi connectivity index (χ4n) is 2.54. The van der Waals surface area contributed by atoms with Crippen LogP contribution in [0.3, 0.4) is 0 Å². The van der Waals surface area contributed by atoms with Crippen molar-refractivity contribution < 1.29 is 14.7 Å². The van der Waals surface area contributed by atoms with Crippen molar-refractivity contribution in [1.29, 1.82) is 0 Å². The highest BCUT2D eigenvalue weighted by molar-refractivity contribution is 7.97. The van der Waals surface area contributed by atoms with E-state index < -0.39 is 5.97 Å². The molecule has 0 radical (unpaired) electrons. The number of rotatable bonds is 5. The highest BCUT2D eigenvalue weighted by atomic mass is 32.2. The van der Waals surface area contributed by atoms with Crippen LogP contribution in [-0.2, 0) is 15.3 Å². The topological polar surface area (TPSA) is 66.4 Å². The van der Waals surface area contributed by atoms with Gasteiger partial charge in [0.05, 0.1) is 5.92 Å². The van der Waals surface area contributed by atoms with E-state index in [1.165, 1.54) is 5.56 Å². The Labute approximate surface area is 123 Å². The van der Waals surface area contributed by atoms with Crippen molar-refractivity contribution in [2.75, 3.05) is 11.6 Å². The largest absolute Gasteiger partial charge is 0.481 e. The summed E-state index contributed by atoms with van der Waals surface area (Å²) in [5.41, 5.74) is 2.00. The molecule has 1 aliphatic carbocycles. The van der Waals surface area contributed by atoms with Crippen LogP contribution in [-0.4, -0.2) is 23.2 Å². The molecule has 108 valence electrons. The molecule has 2 atom stereocenters. The standard InChI is InChI=1S/C15H19NO3S/c1-20-9-10-2-6-13(7-3-10)16-14(17)11-4-5-12(8-11)15(18)19/h2-3,6-7,11-12H,4-5,8-9H2,1H3,(H,16,17)(H,18,19)/t11-,12+/m1/s1. The summed E-state index contributed by atoms with van der Waals surface area (Å²) in [6.07, 6.45) is 3.76. The van der Waals surface area contributed by atoms with Crippen LogP contribution in [0.2, 0.25) is 0 Å². The van der Waals surface area contributed by atoms with Crippen molar-refractivity contribution in [3.63, 3.8) is 0 Å². The minimum absolute atomic E-state index is 0.0635. The van der Waals surface area contributed by atoms with Gasteiger partial charge in [0.15, 0.2) is 0 Å². The molecule has 0 saturated heterocycles. The van der Waals surface area contributed by atoms with Crippen LogP contribution in [0.4, 0.5) is 5.69 Å². The van der Waals surface area contributed by atoms with Crippen molar-refractivity contribution >= 4 is 29.3 Å². The van der Waals surface area contributed by atoms with E-state index in [-0.39, 0.29) is 17.7 Å². The molecule has 1 amide bonds. The van der Waals surface area contributed by atoms with E-state index in [1.54, 1.807) is 11.8 Å². The Morgan fingerprint density at radius 2 is 1.90 bits per heavy atom. The molecule has 0 aromatic heterocycles. The number of hydrogen-bond donors (Lipinski definition) is 2. The van der Waals surface area contributed by atoms with Gasteiger partial charge in [-0.25, -0.2) is 0 Å². The molecule has 1 aromatic rings. The Hall–Kier alpha value is -1.49. The normalized spacial score (nSPS) is 21.6. The second-order valence-electron chi connectivity index (χ2n) is 5.16. The van der Waals surface area contributed by atoms with Crippen molar-refractivity contribution in [2.45, 2.75) is 25.0 Å². The van der Waals surface area contributed by atoms with Gasteiger partial charge in [-0.05, 0) is 43.2 Å². The Kier molecular flexibility index (Phi) is 5.06. The molecular formula is C15H19NO3S. The highest BCUT2D eigenvalue weighted by Gasteiger charge is 2.33. The number of hydrogen-bond acceptors (Lipinski definition) is 3. The lowest BCUT2D eigenvalue weighted by atomic mass is 10.0. The van der Waals surface area contributed by atoms with Gasteiger partial charge in [-0.1, -0.05) is 12.1 Å². The molecule has 0 heterocycles. The third-order valence-electron chi connectivity index (χ3n) is 3.69. The smallest absolute Gasteiger partial charge is 0.306 e. The predicted molar refractivity (Wildman–Crippen MR) is 80.8 cm³/mol. The van der Waals surface area contributed by atoms with Crippen LogP contribution in [0, 0.1) is 11.8 Å². The van der Waals surface area contributed by atoms with Crippen molar-refractivity contribution in [3.8, 4) is 0 Å². The number of anilines is 1. The zero-order valence-electron chi connectivity index (χ0n) is 11.5. The van der Waals surface area contributed by atoms with Gasteiger partial charge >= 0.3 is 5.97 Å². The second-order valence-corrected chi connectivity index (χ2v) is 6.03. The van der Waals surface area contributed by atoms with Crippen LogP contribution in [0.15, 0.2) is 24.3 Å². The number of carboxylic acid groups (broad SMARTS) is 1. The summed E-state index contributed by atoms with van der Waals surface area (Å²) >= 11 is 1.75. The number of thioether (sulfide) groups is 1. The molecule has 0 spiro atoms. The lowest BCUT2D eigenvalue weighted by Crippen LogP contribution is -2.21. The lowest BCUT2D eigenvalue weighted by molar-refractivity contribution is -0.141. The van der Waals surface area contributed by atoms with E-state index in [4.69, 9.17) is 5.11 Å². The maximum absolute atomic E-state index is 12.1. The van der Waals surface area contributed by atoms with Crippen LogP contribution in [0.5, 0.6) is 0 Å². The quantitative estimate of drug-likeness (QED) is 0.876. The summed E-state index contributed by atoms with van der Waals surface area (Å²) in [6.45, 7) is 0. The van der Waals surface area contributed by atoms with Gasteiger partial charge in [-0.2, -0.15) is 11.8 Å². The first-order valence-electron chi connectivity index (χ1n) is 6.71. The summed E-state index contributed by atoms with van der Waals surface area (Å²) in [6, 6.07) is 7.79. The number of aliphatic carboxylic acids is 1. The van der Waals surface area contributed by atoms with Crippen molar-refractivity contribution in [2.24, 2.45) is 11.8 Å². The molecule has 1 fully saturated rings. The number of amides is 1. The average molecular weight is 293 g/mol. The van der Waals surface area contributed by atoms with Crippen molar-refractivity contribution in [3.05, 3.63) is 29.8 Å². The first kappa shape index (κ1) is 14.9. The van der Waals surface area contributed by atoms with E-state index in [0.29, 0.717) is 19.3 Å². The van der Waals surface area contributed by atoms with Gasteiger partial charge in [-0.3, -0.25) is 9.59 Å². The SMILES string of the molecule is CSCc1ccc(NC(=O)[C@@H]2CC[C@H](C(=O)O)C2)cc1. The Morgan fingerprint density at radius 3 is 2.45 bits per heavy atom. The molecule has 1 saturated carbocycles. The third-order valence-corrected chi connectivity index (χ3v) is 4.31. The maximum Gasteiger partial charge on any atom is 0.306 e. The fraction of sp³-hybridized carbons (Fsp3) is 0.467. The van der Waals surface area contributed by atoms with Gasteiger partial charge in [0.2, 0.25) is 5.91 Å². The zero-order chi connectivity index (χ0) is 14.5. The summed E-state index contributed by atoms with van der Waals surface area (Å²) in [5, 5.41) is 11.8. The third kappa shape index (κ3) is 3.76. The Balaban J connectivity index is 1.90. The second kappa shape index (κ2) is 6.79. The summed E-state index contributed by atoms with van der Waals surface area (Å²) in [4.78, 5) is 23.0. The summed E-state index contributed by atoms with van der Waals surface area (Å²) in [5.74, 6) is -0.443. The Bertz CT molecular complexity index is 486. The average Bonchev–Trinajstić information content (AvgIpc) is 2.91. The van der Waals surface area contributed by atoms with E-state index in [2.05, 4.69) is 11.6 Å². The van der Waals surface area contributed by atoms with E-state index >= 15 is 0 Å². The molecule has 4 nitrogen and oxygen atoms in total. The molecular weight excluding hydrogens is 274 g/mol. The summed E-state index contributed by atoms with van der Waals surface area (Å²) < 4.78 is 0. The Morgan fingerprint density at radius 1 is 1.25 bits per heavy atom. The number of carboxylic acids is 1. The van der Waals surface area contributed by atoms with Gasteiger partial charge in [0.1, 0.15) is 0 Å². The summed E-state index contributed by atoms with van der Waals surface area (Å²) in [7, 11) is 0. The first-order chi connectivity index (χ1) is 9.60. The van der Waals surface area contributed by atoms with Crippen LogP contribution in [0.1, 0.15) is 24.8 Å². The molecule has 2 N–H and O–H groups in total. The molecule has 0 bridgehead atoms. The van der Waals surface area contributed by atoms with E-state index in [1.807, 2.05) is 24.3 Å². The van der Waals surface area contributed by atoms with Crippen LogP contribution < -0.4 is 5.32 Å². The predicted octanol–water partition coefficient (Wildman–Crippen LogP) is 2.99. The van der Waals surface area contributed by atoms with Crippen LogP contribution >= 0.6 is 11.8 Å².